The van der Waals surface area contributed by atoms with Gasteiger partial charge in [0.05, 0.1) is 17.0 Å². The van der Waals surface area contributed by atoms with E-state index in [2.05, 4.69) is 10.3 Å². The van der Waals surface area contributed by atoms with Crippen molar-refractivity contribution in [2.45, 2.75) is 88.4 Å². The molecule has 3 saturated carbocycles. The summed E-state index contributed by atoms with van der Waals surface area (Å²) in [5.74, 6) is -6.74. The van der Waals surface area contributed by atoms with Gasteiger partial charge in [0.2, 0.25) is 11.8 Å². The summed E-state index contributed by atoms with van der Waals surface area (Å²) in [6.45, 7) is 3.39. The van der Waals surface area contributed by atoms with Gasteiger partial charge in [-0.1, -0.05) is 13.8 Å². The Kier molecular flexibility index (Phi) is 6.21. The van der Waals surface area contributed by atoms with E-state index in [-0.39, 0.29) is 24.8 Å². The Morgan fingerprint density at radius 1 is 1.12 bits per heavy atom. The number of nitrogens with one attached hydrogen (secondary N) is 2. The van der Waals surface area contributed by atoms with Gasteiger partial charge in [-0.05, 0) is 67.6 Å². The molecular formula is C25H28F6N5O4-. The van der Waals surface area contributed by atoms with E-state index in [1.54, 1.807) is 13.8 Å². The molecule has 9 nitrogen and oxygen atoms in total. The number of hydrogen-bond acceptors (Lipinski definition) is 6. The predicted octanol–water partition coefficient (Wildman–Crippen LogP) is 1.57. The summed E-state index contributed by atoms with van der Waals surface area (Å²) >= 11 is 0. The smallest absolute Gasteiger partial charge is 0.471 e. The molecule has 5 aliphatic rings. The van der Waals surface area contributed by atoms with E-state index < -0.39 is 89.2 Å². The summed E-state index contributed by atoms with van der Waals surface area (Å²) in [5, 5.41) is 25.7. The van der Waals surface area contributed by atoms with Crippen molar-refractivity contribution in [3.8, 4) is 6.07 Å². The Morgan fingerprint density at radius 3 is 2.23 bits per heavy atom. The van der Waals surface area contributed by atoms with Crippen LogP contribution in [0.2, 0.25) is 0 Å². The molecule has 0 aromatic carbocycles. The number of alkyl halides is 6. The number of nitriles is 1. The number of halogens is 6. The molecule has 6 atom stereocenters. The van der Waals surface area contributed by atoms with Crippen molar-refractivity contribution in [3.63, 3.8) is 0 Å². The lowest BCUT2D eigenvalue weighted by atomic mass is 9.92. The highest BCUT2D eigenvalue weighted by Crippen LogP contribution is 2.66. The van der Waals surface area contributed by atoms with Gasteiger partial charge in [0, 0.05) is 6.54 Å². The van der Waals surface area contributed by atoms with Crippen LogP contribution in [0.5, 0.6) is 0 Å². The zero-order valence-corrected chi connectivity index (χ0v) is 21.7. The second-order valence-electron chi connectivity index (χ2n) is 12.4. The van der Waals surface area contributed by atoms with Crippen molar-refractivity contribution >= 4 is 23.6 Å². The van der Waals surface area contributed by atoms with E-state index in [1.807, 2.05) is 6.07 Å². The van der Waals surface area contributed by atoms with Crippen LogP contribution in [0, 0.1) is 39.9 Å². The number of nitrogens with zero attached hydrogens (tertiary/aromatic N) is 3. The van der Waals surface area contributed by atoms with E-state index in [0.717, 1.165) is 17.7 Å². The Hall–Kier alpha value is -3.05. The van der Waals surface area contributed by atoms with Crippen LogP contribution in [0.25, 0.3) is 0 Å². The molecule has 4 fully saturated rings. The monoisotopic (exact) mass is 576 g/mol. The lowest BCUT2D eigenvalue weighted by Gasteiger charge is -2.36. The van der Waals surface area contributed by atoms with Gasteiger partial charge in [-0.2, -0.15) is 31.6 Å². The van der Waals surface area contributed by atoms with Crippen molar-refractivity contribution in [1.29, 1.82) is 5.26 Å². The fourth-order valence-electron chi connectivity index (χ4n) is 6.75. The maximum atomic E-state index is 14.0. The van der Waals surface area contributed by atoms with Gasteiger partial charge in [0.15, 0.2) is 0 Å². The molecule has 2 aliphatic heterocycles. The maximum Gasteiger partial charge on any atom is 0.471 e. The lowest BCUT2D eigenvalue weighted by molar-refractivity contribution is -0.222. The molecular weight excluding hydrogens is 548 g/mol. The van der Waals surface area contributed by atoms with Crippen LogP contribution >= 0.6 is 0 Å². The zero-order chi connectivity index (χ0) is 29.6. The fraction of sp³-hybridized carbons (Fsp3) is 0.800. The molecule has 0 bridgehead atoms. The summed E-state index contributed by atoms with van der Waals surface area (Å²) in [5.41, 5.74) is -3.76. The molecule has 2 heterocycles. The van der Waals surface area contributed by atoms with Crippen molar-refractivity contribution < 1.29 is 45.8 Å². The molecule has 1 saturated heterocycles. The van der Waals surface area contributed by atoms with Gasteiger partial charge in [0.1, 0.15) is 18.1 Å². The predicted molar refractivity (Wildman–Crippen MR) is 122 cm³/mol. The van der Waals surface area contributed by atoms with Gasteiger partial charge < -0.3 is 20.6 Å². The Labute approximate surface area is 225 Å². The third-order valence-electron chi connectivity index (χ3n) is 9.59. The number of fused-ring (bicyclic) bond motifs is 1. The quantitative estimate of drug-likeness (QED) is 0.444. The number of rotatable bonds is 7. The standard InChI is InChI=1S/C25H29F6N5O4/c1-21(2)13-10-36(19(39)16(34-20(40)24(26,27)28)23(5-6-23)25(29,30)31)15(14(13)21)18(38)33-12(9-32)7-11-8-22(3-4-22)35-17(11)37/h11-16H,3-8,10H2,1-2H3,(H,33,38)(H,34,40)(H,35,37)/p-1/t11-,12+,13+,14+,15+,16-/m1/s1. The first kappa shape index (κ1) is 28.5. The number of piperidine rings is 1. The van der Waals surface area contributed by atoms with Crippen molar-refractivity contribution in [2.24, 2.45) is 33.6 Å². The zero-order valence-electron chi connectivity index (χ0n) is 21.7. The van der Waals surface area contributed by atoms with Gasteiger partial charge >= 0.3 is 18.3 Å². The van der Waals surface area contributed by atoms with Gasteiger partial charge in [-0.25, -0.2) is 0 Å². The highest BCUT2D eigenvalue weighted by atomic mass is 19.4. The number of amides is 3. The highest BCUT2D eigenvalue weighted by molar-refractivity contribution is 5.95. The first-order valence-corrected chi connectivity index (χ1v) is 13.1. The van der Waals surface area contributed by atoms with Gasteiger partial charge in [0.25, 0.3) is 0 Å². The van der Waals surface area contributed by atoms with Crippen LogP contribution in [0.1, 0.15) is 52.4 Å². The normalized spacial score (nSPS) is 31.9. The second kappa shape index (κ2) is 8.72. The Morgan fingerprint density at radius 2 is 1.75 bits per heavy atom. The van der Waals surface area contributed by atoms with E-state index in [9.17, 15) is 51.1 Å². The van der Waals surface area contributed by atoms with Gasteiger partial charge in [-0.15, -0.1) is 0 Å². The number of hydrogen-bond donors (Lipinski definition) is 2. The number of aliphatic imine (C=N–C) groups is 1. The molecule has 0 aromatic rings. The third-order valence-corrected chi connectivity index (χ3v) is 9.59. The average molecular weight is 577 g/mol. The molecule has 5 rings (SSSR count). The Bertz CT molecular complexity index is 1200. The molecule has 1 spiro atoms. The maximum absolute atomic E-state index is 14.0. The van der Waals surface area contributed by atoms with Gasteiger partial charge in [-0.3, -0.25) is 19.4 Å². The van der Waals surface area contributed by atoms with Crippen molar-refractivity contribution in [1.82, 2.24) is 15.5 Å². The minimum absolute atomic E-state index is 0.0358. The summed E-state index contributed by atoms with van der Waals surface area (Å²) in [4.78, 5) is 43.6. The molecule has 0 aromatic heterocycles. The molecule has 0 unspecified atom stereocenters. The van der Waals surface area contributed by atoms with E-state index >= 15 is 0 Å². The van der Waals surface area contributed by atoms with Crippen LogP contribution in [0.4, 0.5) is 26.3 Å². The highest BCUT2D eigenvalue weighted by Gasteiger charge is 2.74. The van der Waals surface area contributed by atoms with Crippen LogP contribution in [-0.4, -0.2) is 71.1 Å². The van der Waals surface area contributed by atoms with Crippen LogP contribution < -0.4 is 15.7 Å². The van der Waals surface area contributed by atoms with E-state index in [1.165, 1.54) is 5.32 Å². The lowest BCUT2D eigenvalue weighted by Crippen LogP contribution is -2.62. The number of carbonyl (C=O) groups is 3. The molecule has 2 N–H and O–H groups in total. The number of likely N-dealkylation sites (tertiary alicyclic amines) is 1. The van der Waals surface area contributed by atoms with Crippen molar-refractivity contribution in [2.75, 3.05) is 6.54 Å². The molecule has 3 amide bonds. The summed E-state index contributed by atoms with van der Waals surface area (Å²) < 4.78 is 80.9. The summed E-state index contributed by atoms with van der Waals surface area (Å²) in [7, 11) is 0. The fourth-order valence-corrected chi connectivity index (χ4v) is 6.75. The SMILES string of the molecule is CC1(C)[C@@H]2[C@@H](C(=O)N[C@H](C#N)C[C@@H]3CC4(CC4)N=C3[O-])N(C(=O)[C@@H](NC(=O)C(F)(F)F)C3(C(F)(F)F)CC3)C[C@@H]21. The minimum Gasteiger partial charge on any atom is -0.862 e. The largest absolute Gasteiger partial charge is 0.862 e. The molecule has 40 heavy (non-hydrogen) atoms. The summed E-state index contributed by atoms with van der Waals surface area (Å²) in [6, 6.07) is -3.19. The molecule has 3 aliphatic carbocycles. The minimum atomic E-state index is -5.53. The Balaban J connectivity index is 1.37. The van der Waals surface area contributed by atoms with Crippen LogP contribution in [0.15, 0.2) is 4.99 Å². The molecule has 220 valence electrons. The van der Waals surface area contributed by atoms with E-state index in [4.69, 9.17) is 0 Å². The van der Waals surface area contributed by atoms with E-state index in [0.29, 0.717) is 6.42 Å². The molecule has 15 heteroatoms. The second-order valence-corrected chi connectivity index (χ2v) is 12.4. The van der Waals surface area contributed by atoms with Crippen LogP contribution in [-0.2, 0) is 14.4 Å². The number of carbonyl (C=O) groups excluding carboxylic acids is 3. The van der Waals surface area contributed by atoms with Crippen molar-refractivity contribution in [3.05, 3.63) is 0 Å². The summed E-state index contributed by atoms with van der Waals surface area (Å²) in [6.07, 6.45) is -10.00. The third kappa shape index (κ3) is 4.56. The first-order chi connectivity index (χ1) is 18.4. The molecule has 0 radical (unpaired) electrons. The average Bonchev–Trinajstić information content (AvgIpc) is 3.78. The van der Waals surface area contributed by atoms with Crippen LogP contribution in [0.3, 0.4) is 0 Å². The topological polar surface area (TPSA) is 138 Å². The first-order valence-electron chi connectivity index (χ1n) is 13.1.